The Balaban J connectivity index is 2.26. The van der Waals surface area contributed by atoms with Crippen molar-refractivity contribution in [1.29, 1.82) is 0 Å². The third-order valence-electron chi connectivity index (χ3n) is 3.84. The van der Waals surface area contributed by atoms with Crippen LogP contribution in [0.4, 0.5) is 17.1 Å². The molecule has 20 heavy (non-hydrogen) atoms. The summed E-state index contributed by atoms with van der Waals surface area (Å²) in [5.41, 5.74) is -0.143. The van der Waals surface area contributed by atoms with Gasteiger partial charge in [-0.3, -0.25) is 20.2 Å². The third-order valence-corrected chi connectivity index (χ3v) is 3.84. The van der Waals surface area contributed by atoms with Gasteiger partial charge in [0.1, 0.15) is 5.69 Å². The number of non-ortho nitro benzene ring substituents is 1. The maximum atomic E-state index is 11.1. The summed E-state index contributed by atoms with van der Waals surface area (Å²) in [6, 6.07) is 3.92. The van der Waals surface area contributed by atoms with Gasteiger partial charge in [-0.25, -0.2) is 0 Å². The molecule has 1 aliphatic carbocycles. The van der Waals surface area contributed by atoms with E-state index in [1.807, 2.05) is 0 Å². The molecule has 0 bridgehead atoms. The lowest BCUT2D eigenvalue weighted by Crippen LogP contribution is -2.30. The van der Waals surface area contributed by atoms with E-state index in [0.29, 0.717) is 11.6 Å². The quantitative estimate of drug-likeness (QED) is 0.671. The Bertz CT molecular complexity index is 532. The van der Waals surface area contributed by atoms with Crippen LogP contribution in [0.2, 0.25) is 0 Å². The largest absolute Gasteiger partial charge is 0.376 e. The molecule has 2 rings (SSSR count). The number of nitrogens with zero attached hydrogens (tertiary/aromatic N) is 2. The van der Waals surface area contributed by atoms with Crippen molar-refractivity contribution < 1.29 is 9.85 Å². The minimum absolute atomic E-state index is 0.184. The van der Waals surface area contributed by atoms with Crippen molar-refractivity contribution in [3.8, 4) is 0 Å². The first-order valence-electron chi connectivity index (χ1n) is 6.68. The number of hydrogen-bond acceptors (Lipinski definition) is 5. The van der Waals surface area contributed by atoms with Gasteiger partial charge in [-0.15, -0.1) is 0 Å². The van der Waals surface area contributed by atoms with Crippen molar-refractivity contribution in [2.75, 3.05) is 5.32 Å². The molecule has 1 N–H and O–H groups in total. The van der Waals surface area contributed by atoms with Crippen LogP contribution in [0, 0.1) is 26.1 Å². The smallest absolute Gasteiger partial charge is 0.299 e. The lowest BCUT2D eigenvalue weighted by molar-refractivity contribution is -0.393. The van der Waals surface area contributed by atoms with Crippen molar-refractivity contribution in [2.45, 2.75) is 38.6 Å². The molecule has 0 amide bonds. The summed E-state index contributed by atoms with van der Waals surface area (Å²) in [6.07, 6.45) is 4.35. The van der Waals surface area contributed by atoms with Gasteiger partial charge < -0.3 is 5.32 Å². The molecule has 7 nitrogen and oxygen atoms in total. The van der Waals surface area contributed by atoms with E-state index in [4.69, 9.17) is 0 Å². The Morgan fingerprint density at radius 2 is 1.85 bits per heavy atom. The molecule has 1 fully saturated rings. The molecule has 0 saturated heterocycles. The van der Waals surface area contributed by atoms with E-state index in [9.17, 15) is 20.2 Å². The van der Waals surface area contributed by atoms with Gasteiger partial charge in [-0.2, -0.15) is 0 Å². The van der Waals surface area contributed by atoms with Crippen molar-refractivity contribution in [3.05, 3.63) is 38.4 Å². The van der Waals surface area contributed by atoms with Gasteiger partial charge in [0.2, 0.25) is 0 Å². The van der Waals surface area contributed by atoms with E-state index >= 15 is 0 Å². The summed E-state index contributed by atoms with van der Waals surface area (Å²) in [5.74, 6) is 0.443. The van der Waals surface area contributed by atoms with E-state index in [0.717, 1.165) is 25.3 Å². The fraction of sp³-hybridized carbons (Fsp3) is 0.538. The molecule has 1 aromatic carbocycles. The van der Waals surface area contributed by atoms with Crippen molar-refractivity contribution >= 4 is 17.1 Å². The molecule has 0 heterocycles. The van der Waals surface area contributed by atoms with Crippen molar-refractivity contribution in [2.24, 2.45) is 5.92 Å². The number of rotatable bonds is 4. The highest BCUT2D eigenvalue weighted by Crippen LogP contribution is 2.33. The zero-order valence-corrected chi connectivity index (χ0v) is 11.2. The van der Waals surface area contributed by atoms with E-state index in [2.05, 4.69) is 12.2 Å². The van der Waals surface area contributed by atoms with Crippen LogP contribution < -0.4 is 5.32 Å². The second kappa shape index (κ2) is 5.85. The van der Waals surface area contributed by atoms with Crippen LogP contribution in [0.1, 0.15) is 32.6 Å². The molecule has 0 aromatic heterocycles. The molecule has 0 aliphatic heterocycles. The van der Waals surface area contributed by atoms with Crippen LogP contribution in [-0.2, 0) is 0 Å². The van der Waals surface area contributed by atoms with E-state index in [1.54, 1.807) is 0 Å². The minimum atomic E-state index is -0.625. The van der Waals surface area contributed by atoms with Crippen LogP contribution in [0.15, 0.2) is 18.2 Å². The molecule has 1 saturated carbocycles. The van der Waals surface area contributed by atoms with Gasteiger partial charge in [0, 0.05) is 12.1 Å². The SMILES string of the molecule is C[C@@H]1CCCC[C@H]1Nc1ccc([N+](=O)[O-])cc1[N+](=O)[O-]. The predicted molar refractivity (Wildman–Crippen MR) is 74.8 cm³/mol. The molecular formula is C13H17N3O4. The van der Waals surface area contributed by atoms with E-state index < -0.39 is 9.85 Å². The van der Waals surface area contributed by atoms with Gasteiger partial charge in [0.05, 0.1) is 15.9 Å². The van der Waals surface area contributed by atoms with Crippen LogP contribution in [0.5, 0.6) is 0 Å². The molecule has 108 valence electrons. The number of benzene rings is 1. The van der Waals surface area contributed by atoms with Crippen molar-refractivity contribution in [3.63, 3.8) is 0 Å². The highest BCUT2D eigenvalue weighted by atomic mass is 16.6. The molecule has 0 unspecified atom stereocenters. The first-order chi connectivity index (χ1) is 9.49. The Labute approximate surface area is 116 Å². The Hall–Kier alpha value is -2.18. The van der Waals surface area contributed by atoms with Crippen LogP contribution in [0.3, 0.4) is 0 Å². The average molecular weight is 279 g/mol. The second-order valence-corrected chi connectivity index (χ2v) is 5.23. The summed E-state index contributed by atoms with van der Waals surface area (Å²) >= 11 is 0. The molecular weight excluding hydrogens is 262 g/mol. The lowest BCUT2D eigenvalue weighted by atomic mass is 9.86. The average Bonchev–Trinajstić information content (AvgIpc) is 2.41. The van der Waals surface area contributed by atoms with Gasteiger partial charge >= 0.3 is 0 Å². The third kappa shape index (κ3) is 3.04. The zero-order valence-electron chi connectivity index (χ0n) is 11.2. The summed E-state index contributed by atoms with van der Waals surface area (Å²) in [6.45, 7) is 2.12. The standard InChI is InChI=1S/C13H17N3O4/c1-9-4-2-3-5-11(9)14-12-7-6-10(15(17)18)8-13(12)16(19)20/h6-9,11,14H,2-5H2,1H3/t9-,11-/m1/s1. The second-order valence-electron chi connectivity index (χ2n) is 5.23. The van der Waals surface area contributed by atoms with Gasteiger partial charge in [0.25, 0.3) is 11.4 Å². The van der Waals surface area contributed by atoms with Crippen LogP contribution in [0.25, 0.3) is 0 Å². The van der Waals surface area contributed by atoms with Crippen LogP contribution in [-0.4, -0.2) is 15.9 Å². The first kappa shape index (κ1) is 14.2. The first-order valence-corrected chi connectivity index (χ1v) is 6.68. The summed E-state index contributed by atoms with van der Waals surface area (Å²) in [4.78, 5) is 20.5. The van der Waals surface area contributed by atoms with E-state index in [-0.39, 0.29) is 17.4 Å². The Morgan fingerprint density at radius 3 is 2.45 bits per heavy atom. The fourth-order valence-electron chi connectivity index (χ4n) is 2.64. The summed E-state index contributed by atoms with van der Waals surface area (Å²) in [5, 5.41) is 24.9. The van der Waals surface area contributed by atoms with E-state index in [1.165, 1.54) is 18.6 Å². The highest BCUT2D eigenvalue weighted by Gasteiger charge is 2.25. The fourth-order valence-corrected chi connectivity index (χ4v) is 2.64. The Kier molecular flexibility index (Phi) is 4.16. The highest BCUT2D eigenvalue weighted by molar-refractivity contribution is 5.65. The summed E-state index contributed by atoms with van der Waals surface area (Å²) in [7, 11) is 0. The predicted octanol–water partition coefficient (Wildman–Crippen LogP) is 3.49. The molecule has 2 atom stereocenters. The number of hydrogen-bond donors (Lipinski definition) is 1. The number of anilines is 1. The lowest BCUT2D eigenvalue weighted by Gasteiger charge is -2.30. The number of nitro benzene ring substituents is 2. The zero-order chi connectivity index (χ0) is 14.7. The maximum Gasteiger partial charge on any atom is 0.299 e. The van der Waals surface area contributed by atoms with Crippen LogP contribution >= 0.6 is 0 Å². The number of nitrogens with one attached hydrogen (secondary N) is 1. The molecule has 1 aromatic rings. The van der Waals surface area contributed by atoms with Gasteiger partial charge in [-0.1, -0.05) is 19.8 Å². The van der Waals surface area contributed by atoms with Crippen molar-refractivity contribution in [1.82, 2.24) is 0 Å². The molecule has 1 aliphatic rings. The molecule has 0 radical (unpaired) electrons. The molecule has 0 spiro atoms. The topological polar surface area (TPSA) is 98.3 Å². The Morgan fingerprint density at radius 1 is 1.15 bits per heavy atom. The van der Waals surface area contributed by atoms with Gasteiger partial charge in [-0.05, 0) is 24.8 Å². The minimum Gasteiger partial charge on any atom is -0.376 e. The molecule has 7 heteroatoms. The summed E-state index contributed by atoms with van der Waals surface area (Å²) < 4.78 is 0. The normalized spacial score (nSPS) is 22.2. The number of nitro groups is 2. The maximum absolute atomic E-state index is 11.1. The van der Waals surface area contributed by atoms with Gasteiger partial charge in [0.15, 0.2) is 0 Å². The monoisotopic (exact) mass is 279 g/mol.